The molecule has 102 valence electrons. The van der Waals surface area contributed by atoms with Crippen molar-refractivity contribution >= 4 is 11.6 Å². The second kappa shape index (κ2) is 5.21. The predicted octanol–water partition coefficient (Wildman–Crippen LogP) is 2.15. The average molecular weight is 261 g/mol. The van der Waals surface area contributed by atoms with Gasteiger partial charge in [-0.3, -0.25) is 4.79 Å². The second-order valence-corrected chi connectivity index (χ2v) is 5.09. The minimum Gasteiger partial charge on any atom is -0.497 e. The van der Waals surface area contributed by atoms with E-state index in [4.69, 9.17) is 9.47 Å². The molecule has 1 aromatic carbocycles. The number of amides is 1. The first-order valence-electron chi connectivity index (χ1n) is 6.89. The molecule has 1 atom stereocenters. The Morgan fingerprint density at radius 3 is 3.05 bits per heavy atom. The normalized spacial score (nSPS) is 22.2. The monoisotopic (exact) mass is 261 g/mol. The Morgan fingerprint density at radius 2 is 2.32 bits per heavy atom. The Bertz CT molecular complexity index is 480. The molecule has 0 saturated carbocycles. The second-order valence-electron chi connectivity index (χ2n) is 5.09. The van der Waals surface area contributed by atoms with Crippen molar-refractivity contribution in [3.63, 3.8) is 0 Å². The van der Waals surface area contributed by atoms with E-state index < -0.39 is 0 Å². The molecule has 1 fully saturated rings. The molecule has 4 nitrogen and oxygen atoms in total. The van der Waals surface area contributed by atoms with Crippen LogP contribution in [0.2, 0.25) is 0 Å². The van der Waals surface area contributed by atoms with E-state index in [9.17, 15) is 4.79 Å². The third-order valence-corrected chi connectivity index (χ3v) is 3.88. The molecule has 1 amide bonds. The summed E-state index contributed by atoms with van der Waals surface area (Å²) >= 11 is 0. The standard InChI is InChI=1S/C15H19NO3/c1-18-12-7-6-11-4-2-8-16(13(11)10-12)15(17)14-5-3-9-19-14/h6-7,10,14H,2-5,8-9H2,1H3. The van der Waals surface area contributed by atoms with Gasteiger partial charge in [0.1, 0.15) is 11.9 Å². The van der Waals surface area contributed by atoms with E-state index in [-0.39, 0.29) is 12.0 Å². The minimum atomic E-state index is -0.253. The molecule has 0 aromatic heterocycles. The summed E-state index contributed by atoms with van der Waals surface area (Å²) in [6.07, 6.45) is 3.60. The van der Waals surface area contributed by atoms with Crippen LogP contribution in [0, 0.1) is 0 Å². The first-order chi connectivity index (χ1) is 9.29. The number of anilines is 1. The van der Waals surface area contributed by atoms with Gasteiger partial charge in [-0.05, 0) is 37.3 Å². The van der Waals surface area contributed by atoms with Gasteiger partial charge >= 0.3 is 0 Å². The number of ether oxygens (including phenoxy) is 2. The highest BCUT2D eigenvalue weighted by atomic mass is 16.5. The van der Waals surface area contributed by atoms with Crippen LogP contribution in [0.3, 0.4) is 0 Å². The first kappa shape index (κ1) is 12.5. The summed E-state index contributed by atoms with van der Waals surface area (Å²) in [5.74, 6) is 0.900. The lowest BCUT2D eigenvalue weighted by Gasteiger charge is -2.31. The van der Waals surface area contributed by atoms with Crippen LogP contribution in [0.5, 0.6) is 5.75 Å². The highest BCUT2D eigenvalue weighted by molar-refractivity contribution is 5.98. The van der Waals surface area contributed by atoms with Crippen molar-refractivity contribution in [1.29, 1.82) is 0 Å². The predicted molar refractivity (Wildman–Crippen MR) is 72.6 cm³/mol. The van der Waals surface area contributed by atoms with Crippen molar-refractivity contribution in [3.05, 3.63) is 23.8 Å². The van der Waals surface area contributed by atoms with Gasteiger partial charge in [0.15, 0.2) is 0 Å². The van der Waals surface area contributed by atoms with Crippen LogP contribution in [0.4, 0.5) is 5.69 Å². The quantitative estimate of drug-likeness (QED) is 0.819. The molecular weight excluding hydrogens is 242 g/mol. The van der Waals surface area contributed by atoms with Crippen molar-refractivity contribution in [3.8, 4) is 5.75 Å². The number of aryl methyl sites for hydroxylation is 1. The van der Waals surface area contributed by atoms with Crippen molar-refractivity contribution in [2.45, 2.75) is 31.8 Å². The number of benzene rings is 1. The molecular formula is C15H19NO3. The highest BCUT2D eigenvalue weighted by Crippen LogP contribution is 2.32. The van der Waals surface area contributed by atoms with Crippen LogP contribution in [-0.2, 0) is 16.0 Å². The fourth-order valence-electron chi connectivity index (χ4n) is 2.86. The zero-order valence-corrected chi connectivity index (χ0v) is 11.2. The molecule has 3 rings (SSSR count). The van der Waals surface area contributed by atoms with Gasteiger partial charge in [0.25, 0.3) is 5.91 Å². The third-order valence-electron chi connectivity index (χ3n) is 3.88. The molecule has 0 spiro atoms. The van der Waals surface area contributed by atoms with Crippen molar-refractivity contribution in [1.82, 2.24) is 0 Å². The molecule has 1 unspecified atom stereocenters. The molecule has 0 N–H and O–H groups in total. The highest BCUT2D eigenvalue weighted by Gasteiger charge is 2.31. The lowest BCUT2D eigenvalue weighted by atomic mass is 10.0. The number of rotatable bonds is 2. The fraction of sp³-hybridized carbons (Fsp3) is 0.533. The molecule has 0 aliphatic carbocycles. The molecule has 19 heavy (non-hydrogen) atoms. The molecule has 1 saturated heterocycles. The summed E-state index contributed by atoms with van der Waals surface area (Å²) in [6, 6.07) is 5.98. The number of carbonyl (C=O) groups excluding carboxylic acids is 1. The van der Waals surface area contributed by atoms with Gasteiger partial charge in [-0.25, -0.2) is 0 Å². The van der Waals surface area contributed by atoms with E-state index in [1.165, 1.54) is 5.56 Å². The summed E-state index contributed by atoms with van der Waals surface area (Å²) in [5.41, 5.74) is 2.21. The van der Waals surface area contributed by atoms with Crippen molar-refractivity contribution in [2.75, 3.05) is 25.2 Å². The Balaban J connectivity index is 1.90. The topological polar surface area (TPSA) is 38.8 Å². The minimum absolute atomic E-state index is 0.103. The van der Waals surface area contributed by atoms with Gasteiger partial charge in [0.2, 0.25) is 0 Å². The number of hydrogen-bond donors (Lipinski definition) is 0. The van der Waals surface area contributed by atoms with Gasteiger partial charge in [-0.1, -0.05) is 6.07 Å². The molecule has 0 radical (unpaired) electrons. The van der Waals surface area contributed by atoms with Crippen molar-refractivity contribution < 1.29 is 14.3 Å². The fourth-order valence-corrected chi connectivity index (χ4v) is 2.86. The summed E-state index contributed by atoms with van der Waals surface area (Å²) in [4.78, 5) is 14.4. The Morgan fingerprint density at radius 1 is 1.42 bits per heavy atom. The number of methoxy groups -OCH3 is 1. The van der Waals surface area contributed by atoms with Crippen LogP contribution in [0.25, 0.3) is 0 Å². The lowest BCUT2D eigenvalue weighted by Crippen LogP contribution is -2.42. The molecule has 2 heterocycles. The van der Waals surface area contributed by atoms with Gasteiger partial charge in [-0.2, -0.15) is 0 Å². The maximum atomic E-state index is 12.5. The molecule has 0 bridgehead atoms. The lowest BCUT2D eigenvalue weighted by molar-refractivity contribution is -0.127. The van der Waals surface area contributed by atoms with Gasteiger partial charge in [0, 0.05) is 19.2 Å². The van der Waals surface area contributed by atoms with E-state index in [2.05, 4.69) is 6.07 Å². The van der Waals surface area contributed by atoms with Gasteiger partial charge in [-0.15, -0.1) is 0 Å². The average Bonchev–Trinajstić information content (AvgIpc) is 2.99. The molecule has 1 aromatic rings. The van der Waals surface area contributed by atoms with Crippen LogP contribution in [0.1, 0.15) is 24.8 Å². The number of nitrogens with zero attached hydrogens (tertiary/aromatic N) is 1. The smallest absolute Gasteiger partial charge is 0.256 e. The zero-order valence-electron chi connectivity index (χ0n) is 11.2. The summed E-state index contributed by atoms with van der Waals surface area (Å²) in [5, 5.41) is 0. The Labute approximate surface area is 113 Å². The van der Waals surface area contributed by atoms with E-state index in [0.717, 1.165) is 43.7 Å². The maximum absolute atomic E-state index is 12.5. The number of hydrogen-bond acceptors (Lipinski definition) is 3. The number of carbonyl (C=O) groups is 1. The van der Waals surface area contributed by atoms with Crippen LogP contribution >= 0.6 is 0 Å². The van der Waals surface area contributed by atoms with Crippen LogP contribution in [0.15, 0.2) is 18.2 Å². The van der Waals surface area contributed by atoms with E-state index in [1.54, 1.807) is 7.11 Å². The number of fused-ring (bicyclic) bond motifs is 1. The van der Waals surface area contributed by atoms with Crippen LogP contribution < -0.4 is 9.64 Å². The molecule has 4 heteroatoms. The summed E-state index contributed by atoms with van der Waals surface area (Å²) in [7, 11) is 1.65. The van der Waals surface area contributed by atoms with Gasteiger partial charge < -0.3 is 14.4 Å². The van der Waals surface area contributed by atoms with Gasteiger partial charge in [0.05, 0.1) is 12.8 Å². The zero-order chi connectivity index (χ0) is 13.2. The Kier molecular flexibility index (Phi) is 3.42. The van der Waals surface area contributed by atoms with Crippen LogP contribution in [-0.4, -0.2) is 32.3 Å². The summed E-state index contributed by atoms with van der Waals surface area (Å²) < 4.78 is 10.8. The maximum Gasteiger partial charge on any atom is 0.256 e. The Hall–Kier alpha value is -1.55. The van der Waals surface area contributed by atoms with E-state index in [1.807, 2.05) is 17.0 Å². The SMILES string of the molecule is COc1ccc2c(c1)N(C(=O)C1CCCO1)CCC2. The van der Waals surface area contributed by atoms with Crippen molar-refractivity contribution in [2.24, 2.45) is 0 Å². The summed E-state index contributed by atoms with van der Waals surface area (Å²) in [6.45, 7) is 1.48. The van der Waals surface area contributed by atoms with E-state index in [0.29, 0.717) is 6.61 Å². The first-order valence-corrected chi connectivity index (χ1v) is 6.89. The molecule has 2 aliphatic heterocycles. The molecule has 2 aliphatic rings. The van der Waals surface area contributed by atoms with E-state index >= 15 is 0 Å². The third kappa shape index (κ3) is 2.32. The largest absolute Gasteiger partial charge is 0.497 e.